The summed E-state index contributed by atoms with van der Waals surface area (Å²) in [6, 6.07) is 6.29. The smallest absolute Gasteiger partial charge is 0.253 e. The summed E-state index contributed by atoms with van der Waals surface area (Å²) in [5.74, 6) is 0.0187. The number of sulfonamides is 1. The fourth-order valence-electron chi connectivity index (χ4n) is 3.87. The number of nitrogens with zero attached hydrogens (tertiary/aromatic N) is 2. The highest BCUT2D eigenvalue weighted by molar-refractivity contribution is 7.89. The lowest BCUT2D eigenvalue weighted by Crippen LogP contribution is -2.41. The van der Waals surface area contributed by atoms with Crippen molar-refractivity contribution in [1.29, 1.82) is 0 Å². The Balaban J connectivity index is 1.59. The molecule has 0 saturated carbocycles. The van der Waals surface area contributed by atoms with Crippen LogP contribution in [0, 0.1) is 5.92 Å². The Morgan fingerprint density at radius 2 is 1.66 bits per heavy atom. The fourth-order valence-corrected chi connectivity index (χ4v) is 5.34. The number of carbonyl (C=O) groups excluding carboxylic acids is 2. The topological polar surface area (TPSA) is 86.8 Å². The predicted molar refractivity (Wildman–Crippen MR) is 111 cm³/mol. The van der Waals surface area contributed by atoms with Gasteiger partial charge in [0.25, 0.3) is 5.91 Å². The van der Waals surface area contributed by atoms with Gasteiger partial charge in [-0.1, -0.05) is 6.58 Å². The van der Waals surface area contributed by atoms with E-state index in [0.717, 1.165) is 32.4 Å². The molecule has 2 saturated heterocycles. The molecule has 0 radical (unpaired) electrons. The Labute approximate surface area is 172 Å². The molecule has 0 aromatic heterocycles. The molecule has 29 heavy (non-hydrogen) atoms. The van der Waals surface area contributed by atoms with Crippen LogP contribution in [-0.2, 0) is 14.8 Å². The van der Waals surface area contributed by atoms with Crippen molar-refractivity contribution in [2.24, 2.45) is 5.92 Å². The number of likely N-dealkylation sites (tertiary alicyclic amines) is 1. The quantitative estimate of drug-likeness (QED) is 0.715. The van der Waals surface area contributed by atoms with Crippen molar-refractivity contribution in [3.63, 3.8) is 0 Å². The second-order valence-electron chi connectivity index (χ2n) is 7.67. The predicted octanol–water partition coefficient (Wildman–Crippen LogP) is 2.02. The van der Waals surface area contributed by atoms with E-state index in [1.165, 1.54) is 22.5 Å². The van der Waals surface area contributed by atoms with Gasteiger partial charge < -0.3 is 10.2 Å². The molecular formula is C21H29N3O4S. The van der Waals surface area contributed by atoms with Crippen LogP contribution in [0.15, 0.2) is 41.8 Å². The molecule has 0 spiro atoms. The molecule has 2 amide bonds. The molecule has 0 bridgehead atoms. The van der Waals surface area contributed by atoms with E-state index >= 15 is 0 Å². The van der Waals surface area contributed by atoms with Gasteiger partial charge in [0, 0.05) is 38.3 Å². The summed E-state index contributed by atoms with van der Waals surface area (Å²) in [7, 11) is -3.58. The number of rotatable bonds is 6. The van der Waals surface area contributed by atoms with E-state index in [-0.39, 0.29) is 22.6 Å². The van der Waals surface area contributed by atoms with Gasteiger partial charge in [0.05, 0.1) is 4.90 Å². The van der Waals surface area contributed by atoms with Crippen LogP contribution in [0.25, 0.3) is 0 Å². The minimum absolute atomic E-state index is 0.0315. The summed E-state index contributed by atoms with van der Waals surface area (Å²) in [5, 5.41) is 2.77. The molecule has 0 aliphatic carbocycles. The number of nitrogens with one attached hydrogen (secondary N) is 1. The molecule has 0 atom stereocenters. The number of benzene rings is 1. The zero-order chi connectivity index (χ0) is 20.9. The third kappa shape index (κ3) is 5.25. The number of carbonyl (C=O) groups is 2. The standard InChI is InChI=1S/C21H29N3O4S/c1-2-20(25)22-16-17-10-14-24(15-11-17)29(27,28)19-8-6-18(7-9-19)21(26)23-12-4-3-5-13-23/h2,6-9,17H,1,3-5,10-16H2,(H,22,25). The number of hydrogen-bond acceptors (Lipinski definition) is 4. The monoisotopic (exact) mass is 419 g/mol. The molecule has 3 rings (SSSR count). The molecule has 158 valence electrons. The zero-order valence-corrected chi connectivity index (χ0v) is 17.5. The van der Waals surface area contributed by atoms with Gasteiger partial charge in [-0.2, -0.15) is 4.31 Å². The Morgan fingerprint density at radius 1 is 1.03 bits per heavy atom. The minimum atomic E-state index is -3.58. The van der Waals surface area contributed by atoms with Crippen LogP contribution in [0.3, 0.4) is 0 Å². The van der Waals surface area contributed by atoms with Gasteiger partial charge in [0.15, 0.2) is 0 Å². The van der Waals surface area contributed by atoms with Crippen LogP contribution in [0.5, 0.6) is 0 Å². The lowest BCUT2D eigenvalue weighted by Gasteiger charge is -2.31. The van der Waals surface area contributed by atoms with Crippen molar-refractivity contribution in [3.05, 3.63) is 42.5 Å². The van der Waals surface area contributed by atoms with Gasteiger partial charge in [0.2, 0.25) is 15.9 Å². The maximum Gasteiger partial charge on any atom is 0.253 e. The maximum atomic E-state index is 12.9. The van der Waals surface area contributed by atoms with Crippen molar-refractivity contribution in [3.8, 4) is 0 Å². The molecular weight excluding hydrogens is 390 g/mol. The molecule has 8 heteroatoms. The maximum absolute atomic E-state index is 12.9. The average molecular weight is 420 g/mol. The van der Waals surface area contributed by atoms with Crippen molar-refractivity contribution in [2.75, 3.05) is 32.7 Å². The van der Waals surface area contributed by atoms with Crippen molar-refractivity contribution in [2.45, 2.75) is 37.0 Å². The molecule has 1 N–H and O–H groups in total. The summed E-state index contributed by atoms with van der Waals surface area (Å²) < 4.78 is 27.4. The Bertz CT molecular complexity index is 837. The first-order valence-corrected chi connectivity index (χ1v) is 11.7. The Hall–Kier alpha value is -2.19. The number of piperidine rings is 2. The zero-order valence-electron chi connectivity index (χ0n) is 16.7. The van der Waals surface area contributed by atoms with Crippen LogP contribution in [0.4, 0.5) is 0 Å². The third-order valence-corrected chi connectivity index (χ3v) is 7.62. The van der Waals surface area contributed by atoms with Gasteiger partial charge in [-0.05, 0) is 68.4 Å². The minimum Gasteiger partial charge on any atom is -0.352 e. The van der Waals surface area contributed by atoms with E-state index in [4.69, 9.17) is 0 Å². The number of amides is 2. The molecule has 1 aromatic rings. The van der Waals surface area contributed by atoms with Crippen LogP contribution >= 0.6 is 0 Å². The third-order valence-electron chi connectivity index (χ3n) is 5.71. The van der Waals surface area contributed by atoms with Crippen molar-refractivity contribution in [1.82, 2.24) is 14.5 Å². The fraction of sp³-hybridized carbons (Fsp3) is 0.524. The highest BCUT2D eigenvalue weighted by Crippen LogP contribution is 2.24. The van der Waals surface area contributed by atoms with Gasteiger partial charge in [-0.25, -0.2) is 8.42 Å². The first-order chi connectivity index (χ1) is 13.9. The number of hydrogen-bond donors (Lipinski definition) is 1. The second kappa shape index (κ2) is 9.54. The summed E-state index contributed by atoms with van der Waals surface area (Å²) in [6.07, 6.45) is 5.82. The van der Waals surface area contributed by atoms with E-state index in [1.54, 1.807) is 12.1 Å². The van der Waals surface area contributed by atoms with Gasteiger partial charge in [-0.15, -0.1) is 0 Å². The van der Waals surface area contributed by atoms with E-state index in [9.17, 15) is 18.0 Å². The van der Waals surface area contributed by atoms with Crippen LogP contribution in [0.1, 0.15) is 42.5 Å². The van der Waals surface area contributed by atoms with Gasteiger partial charge in [0.1, 0.15) is 0 Å². The van der Waals surface area contributed by atoms with Gasteiger partial charge >= 0.3 is 0 Å². The molecule has 2 fully saturated rings. The summed E-state index contributed by atoms with van der Waals surface area (Å²) in [4.78, 5) is 25.9. The molecule has 0 unspecified atom stereocenters. The van der Waals surface area contributed by atoms with Crippen LogP contribution in [-0.4, -0.2) is 62.2 Å². The normalized spacial score (nSPS) is 19.0. The van der Waals surface area contributed by atoms with E-state index < -0.39 is 10.0 Å². The Morgan fingerprint density at radius 3 is 2.24 bits per heavy atom. The highest BCUT2D eigenvalue weighted by Gasteiger charge is 2.29. The lowest BCUT2D eigenvalue weighted by molar-refractivity contribution is -0.116. The molecule has 2 aliphatic heterocycles. The SMILES string of the molecule is C=CC(=O)NCC1CCN(S(=O)(=O)c2ccc(C(=O)N3CCCCC3)cc2)CC1. The first-order valence-electron chi connectivity index (χ1n) is 10.2. The molecule has 2 heterocycles. The first kappa shape index (κ1) is 21.5. The van der Waals surface area contributed by atoms with E-state index in [2.05, 4.69) is 11.9 Å². The van der Waals surface area contributed by atoms with Crippen LogP contribution < -0.4 is 5.32 Å². The molecule has 1 aromatic carbocycles. The summed E-state index contributed by atoms with van der Waals surface area (Å²) in [5.41, 5.74) is 0.530. The van der Waals surface area contributed by atoms with Crippen LogP contribution in [0.2, 0.25) is 0 Å². The van der Waals surface area contributed by atoms with Crippen molar-refractivity contribution < 1.29 is 18.0 Å². The van der Waals surface area contributed by atoms with E-state index in [0.29, 0.717) is 38.0 Å². The molecule has 7 nitrogen and oxygen atoms in total. The average Bonchev–Trinajstić information content (AvgIpc) is 2.78. The highest BCUT2D eigenvalue weighted by atomic mass is 32.2. The van der Waals surface area contributed by atoms with Crippen molar-refractivity contribution >= 4 is 21.8 Å². The largest absolute Gasteiger partial charge is 0.352 e. The summed E-state index contributed by atoms with van der Waals surface area (Å²) >= 11 is 0. The van der Waals surface area contributed by atoms with E-state index in [1.807, 2.05) is 4.90 Å². The molecule has 2 aliphatic rings. The Kier molecular flexibility index (Phi) is 7.08. The lowest BCUT2D eigenvalue weighted by atomic mass is 9.98. The summed E-state index contributed by atoms with van der Waals surface area (Å²) in [6.45, 7) is 6.33. The van der Waals surface area contributed by atoms with Gasteiger partial charge in [-0.3, -0.25) is 9.59 Å². The second-order valence-corrected chi connectivity index (χ2v) is 9.61.